The smallest absolute Gasteiger partial charge is 0.191 e. The zero-order chi connectivity index (χ0) is 19.4. The molecule has 5 nitrogen and oxygen atoms in total. The Morgan fingerprint density at radius 1 is 1.10 bits per heavy atom. The van der Waals surface area contributed by atoms with Crippen molar-refractivity contribution in [1.29, 1.82) is 0 Å². The highest BCUT2D eigenvalue weighted by atomic mass is 127. The summed E-state index contributed by atoms with van der Waals surface area (Å²) < 4.78 is 5.94. The average molecular weight is 514 g/mol. The third-order valence-electron chi connectivity index (χ3n) is 5.75. The summed E-state index contributed by atoms with van der Waals surface area (Å²) in [5.74, 6) is 0.963. The molecule has 0 radical (unpaired) electrons. The number of guanidine groups is 1. The minimum absolute atomic E-state index is 0. The van der Waals surface area contributed by atoms with Crippen molar-refractivity contribution in [1.82, 2.24) is 15.5 Å². The van der Waals surface area contributed by atoms with Gasteiger partial charge in [0, 0.05) is 45.4 Å². The van der Waals surface area contributed by atoms with E-state index >= 15 is 0 Å². The normalized spacial score (nSPS) is 19.1. The molecule has 0 atom stereocenters. The van der Waals surface area contributed by atoms with Crippen molar-refractivity contribution < 1.29 is 4.74 Å². The van der Waals surface area contributed by atoms with Gasteiger partial charge in [0.2, 0.25) is 0 Å². The Hall–Kier alpha value is -0.860. The summed E-state index contributed by atoms with van der Waals surface area (Å²) in [5.41, 5.74) is 1.41. The Kier molecular flexibility index (Phi) is 12.0. The summed E-state index contributed by atoms with van der Waals surface area (Å²) in [7, 11) is 0. The van der Waals surface area contributed by atoms with Crippen LogP contribution in [0.4, 0.5) is 0 Å². The second kappa shape index (κ2) is 14.2. The van der Waals surface area contributed by atoms with Crippen LogP contribution in [0.25, 0.3) is 0 Å². The van der Waals surface area contributed by atoms with E-state index in [-0.39, 0.29) is 24.0 Å². The maximum absolute atomic E-state index is 5.94. The zero-order valence-electron chi connectivity index (χ0n) is 17.9. The fourth-order valence-corrected chi connectivity index (χ4v) is 4.15. The number of benzene rings is 1. The molecule has 0 amide bonds. The van der Waals surface area contributed by atoms with Gasteiger partial charge in [-0.25, -0.2) is 0 Å². The van der Waals surface area contributed by atoms with E-state index in [9.17, 15) is 0 Å². The number of ether oxygens (including phenoxy) is 1. The number of hydrogen-bond donors (Lipinski definition) is 2. The van der Waals surface area contributed by atoms with Gasteiger partial charge in [0.25, 0.3) is 0 Å². The Balaban J connectivity index is 0.00000300. The van der Waals surface area contributed by atoms with E-state index in [0.717, 1.165) is 51.7 Å². The van der Waals surface area contributed by atoms with Gasteiger partial charge in [-0.05, 0) is 44.6 Å². The summed E-state index contributed by atoms with van der Waals surface area (Å²) in [4.78, 5) is 7.31. The summed E-state index contributed by atoms with van der Waals surface area (Å²) in [6.45, 7) is 8.03. The van der Waals surface area contributed by atoms with Crippen molar-refractivity contribution >= 4 is 29.9 Å². The van der Waals surface area contributed by atoms with Crippen molar-refractivity contribution in [3.8, 4) is 0 Å². The number of nitrogens with one attached hydrogen (secondary N) is 2. The molecule has 1 saturated carbocycles. The lowest BCUT2D eigenvalue weighted by atomic mass is 10.0. The highest BCUT2D eigenvalue weighted by Gasteiger charge is 2.20. The van der Waals surface area contributed by atoms with Crippen LogP contribution in [0.2, 0.25) is 0 Å². The van der Waals surface area contributed by atoms with Gasteiger partial charge in [0.15, 0.2) is 5.96 Å². The Labute approximate surface area is 194 Å². The van der Waals surface area contributed by atoms with Crippen molar-refractivity contribution in [3.63, 3.8) is 0 Å². The van der Waals surface area contributed by atoms with Gasteiger partial charge in [0.05, 0.1) is 6.10 Å². The number of likely N-dealkylation sites (tertiary alicyclic amines) is 1. The molecule has 0 bridgehead atoms. The van der Waals surface area contributed by atoms with Gasteiger partial charge in [0.1, 0.15) is 0 Å². The maximum Gasteiger partial charge on any atom is 0.191 e. The summed E-state index contributed by atoms with van der Waals surface area (Å²) in [6, 6.07) is 11.3. The van der Waals surface area contributed by atoms with Crippen LogP contribution in [0.1, 0.15) is 57.4 Å². The summed E-state index contributed by atoms with van der Waals surface area (Å²) in [6.07, 6.45) is 9.01. The van der Waals surface area contributed by atoms with Crippen LogP contribution in [0.3, 0.4) is 0 Å². The molecule has 1 saturated heterocycles. The molecule has 0 spiro atoms. The van der Waals surface area contributed by atoms with Crippen LogP contribution in [0.15, 0.2) is 35.3 Å². The monoisotopic (exact) mass is 514 g/mol. The summed E-state index contributed by atoms with van der Waals surface area (Å²) in [5, 5.41) is 7.04. The first-order chi connectivity index (χ1) is 13.8. The maximum atomic E-state index is 5.94. The Morgan fingerprint density at radius 2 is 1.83 bits per heavy atom. The molecule has 2 aliphatic rings. The fourth-order valence-electron chi connectivity index (χ4n) is 4.15. The molecule has 0 unspecified atom stereocenters. The largest absolute Gasteiger partial charge is 0.378 e. The second-order valence-corrected chi connectivity index (χ2v) is 8.07. The van der Waals surface area contributed by atoms with E-state index in [4.69, 9.17) is 9.73 Å². The van der Waals surface area contributed by atoms with Crippen LogP contribution in [0.5, 0.6) is 0 Å². The quantitative estimate of drug-likeness (QED) is 0.225. The number of aliphatic imine (C=N–C) groups is 1. The number of hydrogen-bond acceptors (Lipinski definition) is 3. The predicted molar refractivity (Wildman–Crippen MR) is 132 cm³/mol. The topological polar surface area (TPSA) is 48.9 Å². The minimum atomic E-state index is 0. The third-order valence-corrected chi connectivity index (χ3v) is 5.75. The van der Waals surface area contributed by atoms with Gasteiger partial charge in [-0.3, -0.25) is 9.89 Å². The zero-order valence-corrected chi connectivity index (χ0v) is 20.3. The predicted octanol–water partition coefficient (Wildman–Crippen LogP) is 4.17. The van der Waals surface area contributed by atoms with Gasteiger partial charge in [-0.15, -0.1) is 24.0 Å². The van der Waals surface area contributed by atoms with Crippen LogP contribution >= 0.6 is 24.0 Å². The lowest BCUT2D eigenvalue weighted by Crippen LogP contribution is -2.48. The number of nitrogens with zero attached hydrogens (tertiary/aromatic N) is 2. The summed E-state index contributed by atoms with van der Waals surface area (Å²) >= 11 is 0. The molecule has 1 aromatic carbocycles. The van der Waals surface area contributed by atoms with E-state index in [1.165, 1.54) is 44.1 Å². The molecule has 164 valence electrons. The van der Waals surface area contributed by atoms with Gasteiger partial charge >= 0.3 is 0 Å². The highest BCUT2D eigenvalue weighted by Crippen LogP contribution is 2.20. The van der Waals surface area contributed by atoms with E-state index in [1.807, 2.05) is 0 Å². The molecule has 3 rings (SSSR count). The molecule has 1 aliphatic heterocycles. The van der Waals surface area contributed by atoms with Gasteiger partial charge < -0.3 is 15.4 Å². The van der Waals surface area contributed by atoms with E-state index in [2.05, 4.69) is 52.8 Å². The molecule has 1 aromatic rings. The average Bonchev–Trinajstić information content (AvgIpc) is 3.24. The number of piperidine rings is 1. The van der Waals surface area contributed by atoms with E-state index in [1.54, 1.807) is 0 Å². The van der Waals surface area contributed by atoms with Gasteiger partial charge in [-0.2, -0.15) is 0 Å². The lowest BCUT2D eigenvalue weighted by molar-refractivity contribution is 0.0579. The number of rotatable bonds is 9. The first-order valence-electron chi connectivity index (χ1n) is 11.3. The standard InChI is InChI=1S/C23H38N4O.HI/c1-2-24-23(25-15-8-18-28-22-11-6-7-12-22)26-21-13-16-27(17-14-21)19-20-9-4-3-5-10-20;/h3-5,9-10,21-22H,2,6-8,11-19H2,1H3,(H2,24,25,26);1H. The molecule has 2 N–H and O–H groups in total. The first-order valence-corrected chi connectivity index (χ1v) is 11.3. The highest BCUT2D eigenvalue weighted by molar-refractivity contribution is 14.0. The molecule has 6 heteroatoms. The van der Waals surface area contributed by atoms with Crippen molar-refractivity contribution in [2.75, 3.05) is 32.8 Å². The van der Waals surface area contributed by atoms with Crippen LogP contribution in [-0.4, -0.2) is 55.8 Å². The molecule has 2 fully saturated rings. The molecule has 1 aliphatic carbocycles. The Morgan fingerprint density at radius 3 is 2.52 bits per heavy atom. The van der Waals surface area contributed by atoms with Crippen molar-refractivity contribution in [2.45, 2.75) is 70.6 Å². The van der Waals surface area contributed by atoms with E-state index < -0.39 is 0 Å². The fraction of sp³-hybridized carbons (Fsp3) is 0.696. The van der Waals surface area contributed by atoms with Crippen LogP contribution in [0, 0.1) is 0 Å². The lowest BCUT2D eigenvalue weighted by Gasteiger charge is -2.33. The minimum Gasteiger partial charge on any atom is -0.378 e. The van der Waals surface area contributed by atoms with Gasteiger partial charge in [-0.1, -0.05) is 43.2 Å². The van der Waals surface area contributed by atoms with Crippen molar-refractivity contribution in [2.24, 2.45) is 4.99 Å². The second-order valence-electron chi connectivity index (χ2n) is 8.07. The molecule has 1 heterocycles. The van der Waals surface area contributed by atoms with Crippen LogP contribution < -0.4 is 10.6 Å². The molecular weight excluding hydrogens is 475 g/mol. The molecule has 0 aromatic heterocycles. The SMILES string of the molecule is CCNC(=NCCCOC1CCCC1)NC1CCN(Cc2ccccc2)CC1.I. The molecular formula is C23H39IN4O. The Bertz CT molecular complexity index is 570. The first kappa shape index (κ1) is 24.4. The van der Waals surface area contributed by atoms with E-state index in [0.29, 0.717) is 12.1 Å². The third kappa shape index (κ3) is 9.22. The van der Waals surface area contributed by atoms with Crippen LogP contribution in [-0.2, 0) is 11.3 Å². The molecule has 29 heavy (non-hydrogen) atoms. The number of halogens is 1. The van der Waals surface area contributed by atoms with Crippen molar-refractivity contribution in [3.05, 3.63) is 35.9 Å².